The lowest BCUT2D eigenvalue weighted by atomic mass is 9.94. The first-order valence-electron chi connectivity index (χ1n) is 18.8. The van der Waals surface area contributed by atoms with Crippen LogP contribution in [0.5, 0.6) is 0 Å². The molecule has 0 unspecified atom stereocenters. The van der Waals surface area contributed by atoms with Crippen molar-refractivity contribution in [2.45, 2.75) is 0 Å². The monoisotopic (exact) mass is 731 g/mol. The summed E-state index contributed by atoms with van der Waals surface area (Å²) < 4.78 is 8.90. The maximum absolute atomic E-state index is 6.49. The van der Waals surface area contributed by atoms with Crippen molar-refractivity contribution < 1.29 is 4.42 Å². The number of fused-ring (bicyclic) bond motifs is 9. The van der Waals surface area contributed by atoms with Gasteiger partial charge in [-0.25, -0.2) is 15.0 Å². The molecule has 9 aromatic carbocycles. The van der Waals surface area contributed by atoms with Crippen molar-refractivity contribution in [1.82, 2.24) is 15.0 Å². The predicted molar refractivity (Wildman–Crippen MR) is 234 cm³/mol. The molecule has 0 bridgehead atoms. The van der Waals surface area contributed by atoms with Crippen molar-refractivity contribution in [2.75, 3.05) is 0 Å². The molecule has 0 aliphatic carbocycles. The van der Waals surface area contributed by atoms with Crippen LogP contribution in [0.15, 0.2) is 180 Å². The smallest absolute Gasteiger partial charge is 0.165 e. The van der Waals surface area contributed by atoms with E-state index in [0.717, 1.165) is 65.9 Å². The Morgan fingerprint density at radius 2 is 0.946 bits per heavy atom. The number of benzene rings is 9. The molecule has 0 N–H and O–H groups in total. The Bertz CT molecular complexity index is 3560. The average molecular weight is 732 g/mol. The maximum Gasteiger partial charge on any atom is 0.165 e. The van der Waals surface area contributed by atoms with Crippen LogP contribution in [0.2, 0.25) is 0 Å². The Morgan fingerprint density at radius 1 is 0.339 bits per heavy atom. The van der Waals surface area contributed by atoms with Gasteiger partial charge < -0.3 is 4.42 Å². The maximum atomic E-state index is 6.49. The lowest BCUT2D eigenvalue weighted by Gasteiger charge is -2.13. The Balaban J connectivity index is 1.05. The van der Waals surface area contributed by atoms with Gasteiger partial charge in [-0.05, 0) is 92.0 Å². The lowest BCUT2D eigenvalue weighted by Crippen LogP contribution is -2.01. The molecule has 3 heterocycles. The number of thiophene rings is 1. The van der Waals surface area contributed by atoms with Crippen molar-refractivity contribution in [3.8, 4) is 45.3 Å². The number of aromatic nitrogens is 3. The fraction of sp³-hybridized carbons (Fsp3) is 0. The van der Waals surface area contributed by atoms with Crippen LogP contribution >= 0.6 is 11.3 Å². The number of furan rings is 1. The summed E-state index contributed by atoms with van der Waals surface area (Å²) in [7, 11) is 0. The molecule has 4 nitrogen and oxygen atoms in total. The van der Waals surface area contributed by atoms with Gasteiger partial charge in [0.15, 0.2) is 17.5 Å². The first-order chi connectivity index (χ1) is 27.7. The molecule has 0 saturated carbocycles. The SMILES string of the molecule is c1ccc2cc(-c3nc(-c4ccc(-c5ccc6c(c5)oc5cc7ccccc7cc56)c5ccccc45)nc(-c4cccc5c4sc4ccccc45)n3)ccc2c1. The normalized spacial score (nSPS) is 11.9. The summed E-state index contributed by atoms with van der Waals surface area (Å²) in [6.07, 6.45) is 0. The van der Waals surface area contributed by atoms with Gasteiger partial charge in [-0.15, -0.1) is 11.3 Å². The second-order valence-electron chi connectivity index (χ2n) is 14.4. The quantitative estimate of drug-likeness (QED) is 0.181. The highest BCUT2D eigenvalue weighted by Crippen LogP contribution is 2.42. The molecule has 12 aromatic rings. The molecule has 260 valence electrons. The second kappa shape index (κ2) is 12.2. The van der Waals surface area contributed by atoms with Crippen molar-refractivity contribution in [2.24, 2.45) is 0 Å². The van der Waals surface area contributed by atoms with Gasteiger partial charge in [0.05, 0.1) is 0 Å². The number of hydrogen-bond donors (Lipinski definition) is 0. The van der Waals surface area contributed by atoms with Crippen LogP contribution in [0.1, 0.15) is 0 Å². The molecule has 12 rings (SSSR count). The molecule has 0 aliphatic rings. The number of nitrogens with zero attached hydrogens (tertiary/aromatic N) is 3. The average Bonchev–Trinajstić information content (AvgIpc) is 3.82. The Kier molecular flexibility index (Phi) is 6.76. The largest absolute Gasteiger partial charge is 0.456 e. The fourth-order valence-electron chi connectivity index (χ4n) is 8.37. The molecule has 0 radical (unpaired) electrons. The van der Waals surface area contributed by atoms with E-state index in [1.165, 1.54) is 36.3 Å². The molecule has 0 aliphatic heterocycles. The van der Waals surface area contributed by atoms with Crippen LogP contribution in [0.3, 0.4) is 0 Å². The Labute approximate surface area is 325 Å². The van der Waals surface area contributed by atoms with E-state index in [4.69, 9.17) is 19.4 Å². The van der Waals surface area contributed by atoms with Crippen molar-refractivity contribution in [1.29, 1.82) is 0 Å². The first kappa shape index (κ1) is 31.2. The zero-order chi connectivity index (χ0) is 36.7. The van der Waals surface area contributed by atoms with Crippen LogP contribution in [0.25, 0.3) is 120 Å². The third-order valence-electron chi connectivity index (χ3n) is 11.1. The molecule has 3 aromatic heterocycles. The van der Waals surface area contributed by atoms with Gasteiger partial charge in [-0.2, -0.15) is 0 Å². The Morgan fingerprint density at radius 3 is 1.79 bits per heavy atom. The fourth-order valence-corrected chi connectivity index (χ4v) is 9.58. The van der Waals surface area contributed by atoms with E-state index < -0.39 is 0 Å². The van der Waals surface area contributed by atoms with Gasteiger partial charge in [-0.1, -0.05) is 127 Å². The molecule has 0 atom stereocenters. The highest BCUT2D eigenvalue weighted by molar-refractivity contribution is 7.26. The summed E-state index contributed by atoms with van der Waals surface area (Å²) in [5.74, 6) is 1.94. The zero-order valence-electron chi connectivity index (χ0n) is 29.9. The minimum absolute atomic E-state index is 0.638. The van der Waals surface area contributed by atoms with Crippen LogP contribution in [0, 0.1) is 0 Å². The number of rotatable bonds is 4. The van der Waals surface area contributed by atoms with Gasteiger partial charge in [-0.3, -0.25) is 0 Å². The second-order valence-corrected chi connectivity index (χ2v) is 15.4. The minimum atomic E-state index is 0.638. The first-order valence-corrected chi connectivity index (χ1v) is 19.6. The van der Waals surface area contributed by atoms with Crippen molar-refractivity contribution >= 4 is 85.8 Å². The van der Waals surface area contributed by atoms with E-state index in [2.05, 4.69) is 176 Å². The van der Waals surface area contributed by atoms with Gasteiger partial charge in [0, 0.05) is 47.6 Å². The topological polar surface area (TPSA) is 51.8 Å². The molecule has 0 fully saturated rings. The van der Waals surface area contributed by atoms with Gasteiger partial charge in [0.2, 0.25) is 0 Å². The van der Waals surface area contributed by atoms with Crippen LogP contribution in [-0.4, -0.2) is 15.0 Å². The van der Waals surface area contributed by atoms with Crippen LogP contribution in [0.4, 0.5) is 0 Å². The molecule has 0 spiro atoms. The van der Waals surface area contributed by atoms with E-state index in [9.17, 15) is 0 Å². The molecule has 0 amide bonds. The van der Waals surface area contributed by atoms with Crippen molar-refractivity contribution in [3.05, 3.63) is 176 Å². The van der Waals surface area contributed by atoms with Crippen LogP contribution < -0.4 is 0 Å². The summed E-state index contributed by atoms with van der Waals surface area (Å²) in [5, 5.41) is 11.6. The Hall–Kier alpha value is -7.21. The zero-order valence-corrected chi connectivity index (χ0v) is 30.7. The van der Waals surface area contributed by atoms with E-state index in [1.807, 2.05) is 0 Å². The van der Waals surface area contributed by atoms with E-state index in [1.54, 1.807) is 11.3 Å². The lowest BCUT2D eigenvalue weighted by molar-refractivity contribution is 0.669. The van der Waals surface area contributed by atoms with Crippen molar-refractivity contribution in [3.63, 3.8) is 0 Å². The molecule has 0 saturated heterocycles. The van der Waals surface area contributed by atoms with E-state index >= 15 is 0 Å². The molecule has 5 heteroatoms. The predicted octanol–water partition coefficient (Wildman–Crippen LogP) is 14.3. The number of hydrogen-bond acceptors (Lipinski definition) is 5. The standard InChI is InChI=1S/C51H29N3OS/c1-2-11-31-26-35(21-20-30(31)10-1)49-52-50(54-51(53-49)43-18-9-17-41-40-16-7-8-19-47(40)56-48(41)43)42-25-24-36(37-14-5-6-15-38(37)42)34-22-23-39-44-27-32-12-3-4-13-33(32)28-46(44)55-45(39)29-34/h1-29H. The third kappa shape index (κ3) is 4.88. The highest BCUT2D eigenvalue weighted by Gasteiger charge is 2.19. The summed E-state index contributed by atoms with van der Waals surface area (Å²) in [6.45, 7) is 0. The third-order valence-corrected chi connectivity index (χ3v) is 12.3. The summed E-state index contributed by atoms with van der Waals surface area (Å²) in [5.41, 5.74) is 6.89. The van der Waals surface area contributed by atoms with E-state index in [-0.39, 0.29) is 0 Å². The summed E-state index contributed by atoms with van der Waals surface area (Å²) >= 11 is 1.78. The van der Waals surface area contributed by atoms with Gasteiger partial charge in [0.1, 0.15) is 11.2 Å². The minimum Gasteiger partial charge on any atom is -0.456 e. The molecular weight excluding hydrogens is 703 g/mol. The van der Waals surface area contributed by atoms with Gasteiger partial charge in [0.25, 0.3) is 0 Å². The van der Waals surface area contributed by atoms with Crippen LogP contribution in [-0.2, 0) is 0 Å². The molecule has 56 heavy (non-hydrogen) atoms. The summed E-state index contributed by atoms with van der Waals surface area (Å²) in [6, 6.07) is 62.2. The van der Waals surface area contributed by atoms with E-state index in [0.29, 0.717) is 17.5 Å². The van der Waals surface area contributed by atoms with Gasteiger partial charge >= 0.3 is 0 Å². The highest BCUT2D eigenvalue weighted by atomic mass is 32.1. The summed E-state index contributed by atoms with van der Waals surface area (Å²) in [4.78, 5) is 15.7. The molecular formula is C51H29N3OS.